The van der Waals surface area contributed by atoms with Crippen molar-refractivity contribution in [2.75, 3.05) is 5.32 Å². The molecule has 0 atom stereocenters. The van der Waals surface area contributed by atoms with Gasteiger partial charge in [-0.05, 0) is 12.1 Å². The summed E-state index contributed by atoms with van der Waals surface area (Å²) in [7, 11) is 0. The van der Waals surface area contributed by atoms with E-state index in [1.165, 1.54) is 18.4 Å². The number of aromatic nitrogens is 1. The molecule has 8 heteroatoms. The fourth-order valence-electron chi connectivity index (χ4n) is 1.50. The summed E-state index contributed by atoms with van der Waals surface area (Å²) in [6.45, 7) is 0.271. The van der Waals surface area contributed by atoms with E-state index in [1.54, 1.807) is 6.07 Å². The van der Waals surface area contributed by atoms with Gasteiger partial charge in [0.15, 0.2) is 0 Å². The van der Waals surface area contributed by atoms with E-state index in [4.69, 9.17) is 5.73 Å². The Morgan fingerprint density at radius 1 is 1.47 bits per heavy atom. The van der Waals surface area contributed by atoms with Crippen LogP contribution in [0.2, 0.25) is 0 Å². The van der Waals surface area contributed by atoms with E-state index in [2.05, 4.69) is 15.0 Å². The van der Waals surface area contributed by atoms with Gasteiger partial charge in [-0.3, -0.25) is 14.9 Å². The molecule has 3 N–H and O–H groups in total. The standard InChI is InChI=1S/C11H10N4O4/c12-11(16)7-1-2-9(10(5-7)15(17)18)13-6-8-3-4-19-14-8/h1-5,13H,6H2,(H2,12,16). The van der Waals surface area contributed by atoms with Gasteiger partial charge in [0.2, 0.25) is 5.91 Å². The summed E-state index contributed by atoms with van der Waals surface area (Å²) in [4.78, 5) is 21.3. The Kier molecular flexibility index (Phi) is 3.42. The molecule has 0 saturated carbocycles. The SMILES string of the molecule is NC(=O)c1ccc(NCc2ccon2)c([N+](=O)[O-])c1. The Labute approximate surface area is 107 Å². The number of nitro groups is 1. The van der Waals surface area contributed by atoms with Crippen LogP contribution in [0.15, 0.2) is 35.1 Å². The lowest BCUT2D eigenvalue weighted by molar-refractivity contribution is -0.384. The maximum atomic E-state index is 11.0. The molecule has 19 heavy (non-hydrogen) atoms. The average molecular weight is 262 g/mol. The Hall–Kier alpha value is -2.90. The van der Waals surface area contributed by atoms with Crippen LogP contribution in [0.3, 0.4) is 0 Å². The third-order valence-electron chi connectivity index (χ3n) is 2.43. The molecule has 1 aromatic carbocycles. The van der Waals surface area contributed by atoms with Crippen LogP contribution >= 0.6 is 0 Å². The lowest BCUT2D eigenvalue weighted by atomic mass is 10.1. The van der Waals surface area contributed by atoms with Crippen LogP contribution in [0.5, 0.6) is 0 Å². The smallest absolute Gasteiger partial charge is 0.293 e. The van der Waals surface area contributed by atoms with Crippen molar-refractivity contribution in [1.29, 1.82) is 0 Å². The van der Waals surface area contributed by atoms with Crippen LogP contribution in [-0.2, 0) is 6.54 Å². The number of nitrogens with two attached hydrogens (primary N) is 1. The van der Waals surface area contributed by atoms with Crippen molar-refractivity contribution < 1.29 is 14.2 Å². The molecule has 0 spiro atoms. The number of primary amides is 1. The molecule has 0 aliphatic heterocycles. The normalized spacial score (nSPS) is 10.1. The van der Waals surface area contributed by atoms with Gasteiger partial charge in [-0.15, -0.1) is 0 Å². The molecule has 0 radical (unpaired) electrons. The highest BCUT2D eigenvalue weighted by molar-refractivity contribution is 5.94. The summed E-state index contributed by atoms with van der Waals surface area (Å²) in [6.07, 6.45) is 1.40. The molecule has 0 aliphatic rings. The molecule has 0 unspecified atom stereocenters. The summed E-state index contributed by atoms with van der Waals surface area (Å²) in [5.41, 5.74) is 5.82. The zero-order chi connectivity index (χ0) is 13.8. The van der Waals surface area contributed by atoms with Gasteiger partial charge in [0.05, 0.1) is 11.5 Å². The highest BCUT2D eigenvalue weighted by atomic mass is 16.6. The van der Waals surface area contributed by atoms with Gasteiger partial charge in [-0.25, -0.2) is 0 Å². The first kappa shape index (κ1) is 12.6. The first-order chi connectivity index (χ1) is 9.08. The fourth-order valence-corrected chi connectivity index (χ4v) is 1.50. The Morgan fingerprint density at radius 2 is 2.26 bits per heavy atom. The molecular weight excluding hydrogens is 252 g/mol. The number of hydrogen-bond donors (Lipinski definition) is 2. The summed E-state index contributed by atoms with van der Waals surface area (Å²) in [5, 5.41) is 17.5. The maximum Gasteiger partial charge on any atom is 0.293 e. The Morgan fingerprint density at radius 3 is 2.84 bits per heavy atom. The summed E-state index contributed by atoms with van der Waals surface area (Å²) in [6, 6.07) is 5.61. The number of hydrogen-bond acceptors (Lipinski definition) is 6. The summed E-state index contributed by atoms with van der Waals surface area (Å²) < 4.78 is 4.65. The zero-order valence-corrected chi connectivity index (χ0v) is 9.70. The maximum absolute atomic E-state index is 11.0. The number of nitrogens with one attached hydrogen (secondary N) is 1. The van der Waals surface area contributed by atoms with Crippen molar-refractivity contribution in [3.63, 3.8) is 0 Å². The van der Waals surface area contributed by atoms with Crippen molar-refractivity contribution in [2.45, 2.75) is 6.54 Å². The van der Waals surface area contributed by atoms with E-state index in [0.717, 1.165) is 6.07 Å². The number of anilines is 1. The van der Waals surface area contributed by atoms with Crippen LogP contribution < -0.4 is 11.1 Å². The van der Waals surface area contributed by atoms with E-state index < -0.39 is 10.8 Å². The third kappa shape index (κ3) is 2.86. The van der Waals surface area contributed by atoms with Crippen molar-refractivity contribution in [1.82, 2.24) is 5.16 Å². The Bertz CT molecular complexity index is 609. The molecule has 0 fully saturated rings. The van der Waals surface area contributed by atoms with Crippen LogP contribution in [0, 0.1) is 10.1 Å². The van der Waals surface area contributed by atoms with Gasteiger partial charge in [0, 0.05) is 17.7 Å². The molecule has 0 saturated heterocycles. The minimum absolute atomic E-state index is 0.0821. The minimum atomic E-state index is -0.717. The Balaban J connectivity index is 2.24. The minimum Gasteiger partial charge on any atom is -0.374 e. The van der Waals surface area contributed by atoms with Gasteiger partial charge in [0.25, 0.3) is 5.69 Å². The lowest BCUT2D eigenvalue weighted by Crippen LogP contribution is -2.12. The van der Waals surface area contributed by atoms with Gasteiger partial charge >= 0.3 is 0 Å². The number of nitro benzene ring substituents is 1. The highest BCUT2D eigenvalue weighted by Gasteiger charge is 2.16. The van der Waals surface area contributed by atoms with E-state index in [9.17, 15) is 14.9 Å². The number of carbonyl (C=O) groups is 1. The second kappa shape index (κ2) is 5.17. The van der Waals surface area contributed by atoms with E-state index in [-0.39, 0.29) is 23.5 Å². The molecule has 8 nitrogen and oxygen atoms in total. The van der Waals surface area contributed by atoms with Gasteiger partial charge in [0.1, 0.15) is 17.6 Å². The summed E-state index contributed by atoms with van der Waals surface area (Å²) in [5.74, 6) is -0.717. The van der Waals surface area contributed by atoms with Crippen LogP contribution in [-0.4, -0.2) is 16.0 Å². The van der Waals surface area contributed by atoms with Crippen molar-refractivity contribution in [3.05, 3.63) is 51.9 Å². The van der Waals surface area contributed by atoms with Crippen molar-refractivity contribution >= 4 is 17.3 Å². The predicted molar refractivity (Wildman–Crippen MR) is 65.4 cm³/mol. The van der Waals surface area contributed by atoms with Gasteiger partial charge < -0.3 is 15.6 Å². The van der Waals surface area contributed by atoms with E-state index in [0.29, 0.717) is 5.69 Å². The van der Waals surface area contributed by atoms with Crippen LogP contribution in [0.4, 0.5) is 11.4 Å². The highest BCUT2D eigenvalue weighted by Crippen LogP contribution is 2.25. The molecule has 2 rings (SSSR count). The monoisotopic (exact) mass is 262 g/mol. The molecule has 1 amide bonds. The molecular formula is C11H10N4O4. The largest absolute Gasteiger partial charge is 0.374 e. The first-order valence-electron chi connectivity index (χ1n) is 5.29. The number of rotatable bonds is 5. The summed E-state index contributed by atoms with van der Waals surface area (Å²) >= 11 is 0. The fraction of sp³-hybridized carbons (Fsp3) is 0.0909. The number of nitrogens with zero attached hydrogens (tertiary/aromatic N) is 2. The van der Waals surface area contributed by atoms with Crippen molar-refractivity contribution in [2.24, 2.45) is 5.73 Å². The first-order valence-corrected chi connectivity index (χ1v) is 5.29. The van der Waals surface area contributed by atoms with E-state index >= 15 is 0 Å². The number of amides is 1. The van der Waals surface area contributed by atoms with Crippen LogP contribution in [0.1, 0.15) is 16.1 Å². The molecule has 0 bridgehead atoms. The molecule has 0 aliphatic carbocycles. The average Bonchev–Trinajstić information content (AvgIpc) is 2.89. The van der Waals surface area contributed by atoms with E-state index in [1.807, 2.05) is 0 Å². The van der Waals surface area contributed by atoms with Crippen molar-refractivity contribution in [3.8, 4) is 0 Å². The van der Waals surface area contributed by atoms with Crippen LogP contribution in [0.25, 0.3) is 0 Å². The topological polar surface area (TPSA) is 124 Å². The predicted octanol–water partition coefficient (Wildman–Crippen LogP) is 1.29. The molecule has 1 heterocycles. The quantitative estimate of drug-likeness (QED) is 0.618. The second-order valence-electron chi connectivity index (χ2n) is 3.70. The van der Waals surface area contributed by atoms with Gasteiger partial charge in [-0.1, -0.05) is 5.16 Å². The lowest BCUT2D eigenvalue weighted by Gasteiger charge is -2.06. The second-order valence-corrected chi connectivity index (χ2v) is 3.70. The zero-order valence-electron chi connectivity index (χ0n) is 9.70. The number of benzene rings is 1. The number of carbonyl (C=O) groups excluding carboxylic acids is 1. The molecule has 1 aromatic heterocycles. The third-order valence-corrected chi connectivity index (χ3v) is 2.43. The molecule has 98 valence electrons. The van der Waals surface area contributed by atoms with Gasteiger partial charge in [-0.2, -0.15) is 0 Å². The molecule has 2 aromatic rings.